The highest BCUT2D eigenvalue weighted by atomic mass is 127. The van der Waals surface area contributed by atoms with Crippen LogP contribution >= 0.6 is 46.1 Å². The van der Waals surface area contributed by atoms with Crippen LogP contribution in [0.1, 0.15) is 135 Å². The van der Waals surface area contributed by atoms with Crippen LogP contribution in [0.25, 0.3) is 11.0 Å². The van der Waals surface area contributed by atoms with Gasteiger partial charge in [-0.3, -0.25) is 48.1 Å². The van der Waals surface area contributed by atoms with Crippen molar-refractivity contribution >= 4 is 110 Å². The Bertz CT molecular complexity index is 3740. The van der Waals surface area contributed by atoms with E-state index in [0.717, 1.165) is 21.2 Å². The van der Waals surface area contributed by atoms with Crippen molar-refractivity contribution in [3.8, 4) is 0 Å². The average molecular weight is 1640 g/mol. The van der Waals surface area contributed by atoms with Crippen molar-refractivity contribution in [3.63, 3.8) is 0 Å². The standard InChI is InChI=1S/C81H114IN11O13S2/c1-16-18-20-26-60-46-61(27-21-24-38-82)107-50-65-66(51-108-60)87-63-45-58(31-34-62(63)86-65)77(98)83-39-42-105-44-43-104-41-35-69(94)84-56(9)76(97)85-59-32-29-57(30-33-59)49-106-90-78(99)64(48-81(10)36-22-19-23-37-81)88-75(96)55(8)74(103-15)67-28-25-40-93(67)70(95)47-68(102-14)73(54(7)17-2)92(13)80(101)71(52(3)4)89-79(100)72(53(5)6)91(11)12/h16,18-24,26-27,29-34,36,38,45-46,52-56,64,67-68,71-74H,1,17,25,28,35,37,39-44,47-51H2,2-15H3,(H,83,98)(H,84,94)(H,85,97)(H,88,96)(H,89,100)(H,90,99)/b20-18-,27-21-,38-24-,60-26+,61-46+/t54-,55+,56-,64-,67-,68+,71-,72-,73-,74+,81?/m0/s1. The topological polar surface area (TPSA) is 290 Å². The minimum Gasteiger partial charge on any atom is -0.379 e. The average Bonchev–Trinajstić information content (AvgIpc) is 1.04. The molecule has 1 fully saturated rings. The number of likely N-dealkylation sites (tertiary alicyclic amines) is 1. The van der Waals surface area contributed by atoms with Gasteiger partial charge in [0.15, 0.2) is 0 Å². The molecule has 0 radical (unpaired) electrons. The molecule has 8 amide bonds. The van der Waals surface area contributed by atoms with Crippen LogP contribution in [0.15, 0.2) is 136 Å². The van der Waals surface area contributed by atoms with Gasteiger partial charge in [0.05, 0.1) is 98.1 Å². The molecule has 0 saturated carbocycles. The summed E-state index contributed by atoms with van der Waals surface area (Å²) in [5, 5.41) is 14.4. The number of likely N-dealkylation sites (N-methyl/N-ethyl adjacent to an activating group) is 2. The summed E-state index contributed by atoms with van der Waals surface area (Å²) >= 11 is 5.56. The van der Waals surface area contributed by atoms with Crippen molar-refractivity contribution in [2.75, 3.05) is 80.2 Å². The highest BCUT2D eigenvalue weighted by molar-refractivity contribution is 14.1. The van der Waals surface area contributed by atoms with Gasteiger partial charge in [0.25, 0.3) is 11.8 Å². The number of thioether (sulfide) groups is 2. The summed E-state index contributed by atoms with van der Waals surface area (Å²) in [5.41, 5.74) is 6.75. The lowest BCUT2D eigenvalue weighted by atomic mass is 9.78. The van der Waals surface area contributed by atoms with Crippen LogP contribution in [0.5, 0.6) is 0 Å². The molecule has 108 heavy (non-hydrogen) atoms. The minimum absolute atomic E-state index is 0.00142. The molecular formula is C81H114IN11O13S2. The fraction of sp³-hybridized carbons (Fsp3) is 0.531. The van der Waals surface area contributed by atoms with Gasteiger partial charge < -0.3 is 55.3 Å². The van der Waals surface area contributed by atoms with E-state index in [2.05, 4.69) is 79.5 Å². The third-order valence-corrected chi connectivity index (χ3v) is 21.9. The van der Waals surface area contributed by atoms with Gasteiger partial charge in [-0.15, -0.1) is 23.5 Å². The predicted octanol–water partition coefficient (Wildman–Crippen LogP) is 11.0. The molecule has 1 aromatic heterocycles. The number of rotatable bonds is 41. The first-order valence-corrected chi connectivity index (χ1v) is 40.4. The first kappa shape index (κ1) is 89.5. The maximum absolute atomic E-state index is 14.6. The molecule has 27 heteroatoms. The summed E-state index contributed by atoms with van der Waals surface area (Å²) in [6, 6.07) is 7.90. The number of methoxy groups -OCH3 is 2. The SMILES string of the molecule is C=C\C=C/C=C1\C=C(/C=C\C=C/I)SCc2nc3ccc(C(=O)NCCOCCOCCC(=O)N[C@@H](C)C(=O)Nc4ccc(CONC(=O)[C@H](CC5(C)C=CC=CC5)NC(=O)[C@H](C)[C@@H](OC)[C@@H]5CCCN5C(=O)C[C@@H](OC)[C@H]([C@@H](C)CC)N(C)C(=O)[C@@H](NC(=O)[C@H](C(C)C)N(C)C)C(C)C)cc4)cc3nc2CS1. The van der Waals surface area contributed by atoms with Gasteiger partial charge in [0.1, 0.15) is 18.1 Å². The molecule has 3 aromatic rings. The van der Waals surface area contributed by atoms with E-state index in [1.807, 2.05) is 126 Å². The van der Waals surface area contributed by atoms with Crippen molar-refractivity contribution in [1.82, 2.24) is 51.4 Å². The van der Waals surface area contributed by atoms with Gasteiger partial charge in [0, 0.05) is 73.3 Å². The van der Waals surface area contributed by atoms with Crippen molar-refractivity contribution in [1.29, 1.82) is 0 Å². The first-order chi connectivity index (χ1) is 51.7. The fourth-order valence-electron chi connectivity index (χ4n) is 13.4. The van der Waals surface area contributed by atoms with Crippen LogP contribution in [0.2, 0.25) is 0 Å². The maximum atomic E-state index is 14.6. The third kappa shape index (κ3) is 27.6. The van der Waals surface area contributed by atoms with Gasteiger partial charge in [-0.1, -0.05) is 158 Å². The number of aromatic nitrogens is 2. The molecular weight excluding hydrogens is 1530 g/mol. The lowest BCUT2D eigenvalue weighted by Crippen LogP contribution is -2.59. The first-order valence-electron chi connectivity index (χ1n) is 37.1. The van der Waals surface area contributed by atoms with E-state index in [1.54, 1.807) is 96.7 Å². The summed E-state index contributed by atoms with van der Waals surface area (Å²) < 4.78 is 25.5. The monoisotopic (exact) mass is 1640 g/mol. The van der Waals surface area contributed by atoms with Gasteiger partial charge in [-0.05, 0) is 128 Å². The molecule has 0 spiro atoms. The Hall–Kier alpha value is -7.35. The summed E-state index contributed by atoms with van der Waals surface area (Å²) in [5.74, 6) is -2.71. The van der Waals surface area contributed by atoms with Crippen LogP contribution in [0.4, 0.5) is 5.69 Å². The molecule has 1 aliphatic carbocycles. The van der Waals surface area contributed by atoms with Crippen LogP contribution in [0.3, 0.4) is 0 Å². The number of carbonyl (C=O) groups excluding carboxylic acids is 8. The number of allylic oxidation sites excluding steroid dienone is 12. The smallest absolute Gasteiger partial charge is 0.266 e. The Morgan fingerprint density at radius 1 is 0.796 bits per heavy atom. The Balaban J connectivity index is 0.923. The number of anilines is 1. The minimum atomic E-state index is -1.04. The van der Waals surface area contributed by atoms with Crippen LogP contribution in [-0.4, -0.2) is 195 Å². The Labute approximate surface area is 660 Å². The summed E-state index contributed by atoms with van der Waals surface area (Å²) in [4.78, 5) is 134. The molecule has 590 valence electrons. The molecule has 1 saturated heterocycles. The molecule has 2 aliphatic heterocycles. The molecule has 24 nitrogen and oxygen atoms in total. The number of carbonyl (C=O) groups is 8. The van der Waals surface area contributed by atoms with E-state index in [9.17, 15) is 38.4 Å². The zero-order valence-electron chi connectivity index (χ0n) is 65.2. The lowest BCUT2D eigenvalue weighted by Gasteiger charge is -2.41. The van der Waals surface area contributed by atoms with Crippen molar-refractivity contribution < 1.29 is 62.1 Å². The Morgan fingerprint density at radius 3 is 2.16 bits per heavy atom. The summed E-state index contributed by atoms with van der Waals surface area (Å²) in [6.45, 7) is 22.3. The highest BCUT2D eigenvalue weighted by Gasteiger charge is 2.44. The fourth-order valence-corrected chi connectivity index (χ4v) is 15.5. The van der Waals surface area contributed by atoms with Crippen LogP contribution in [0, 0.1) is 29.1 Å². The van der Waals surface area contributed by atoms with E-state index in [4.69, 9.17) is 33.8 Å². The zero-order valence-corrected chi connectivity index (χ0v) is 69.0. The molecule has 3 aliphatic rings. The molecule has 11 atom stereocenters. The number of halogens is 1. The molecule has 0 bridgehead atoms. The van der Waals surface area contributed by atoms with E-state index in [1.165, 1.54) is 14.2 Å². The van der Waals surface area contributed by atoms with Crippen molar-refractivity contribution in [3.05, 3.63) is 158 Å². The van der Waals surface area contributed by atoms with Gasteiger partial charge >= 0.3 is 0 Å². The zero-order chi connectivity index (χ0) is 79.0. The van der Waals surface area contributed by atoms with Crippen molar-refractivity contribution in [2.45, 2.75) is 174 Å². The highest BCUT2D eigenvalue weighted by Crippen LogP contribution is 2.36. The quantitative estimate of drug-likeness (QED) is 0.0133. The molecule has 3 heterocycles. The molecule has 6 rings (SSSR count). The number of benzene rings is 2. The van der Waals surface area contributed by atoms with E-state index < -0.39 is 77.5 Å². The van der Waals surface area contributed by atoms with Crippen molar-refractivity contribution in [2.24, 2.45) is 29.1 Å². The van der Waals surface area contributed by atoms with Gasteiger partial charge in [-0.25, -0.2) is 15.4 Å². The van der Waals surface area contributed by atoms with E-state index in [-0.39, 0.29) is 106 Å². The number of hydroxylamine groups is 1. The Kier molecular flexibility index (Phi) is 37.9. The maximum Gasteiger partial charge on any atom is 0.266 e. The van der Waals surface area contributed by atoms with Crippen LogP contribution in [-0.2, 0) is 75.5 Å². The summed E-state index contributed by atoms with van der Waals surface area (Å²) in [7, 11) is 8.45. The largest absolute Gasteiger partial charge is 0.379 e. The second-order valence-electron chi connectivity index (χ2n) is 28.7. The van der Waals surface area contributed by atoms with Crippen LogP contribution < -0.4 is 32.1 Å². The normalized spacial score (nSPS) is 19.5. The number of nitrogens with zero attached hydrogens (tertiary/aromatic N) is 5. The number of nitrogens with one attached hydrogen (secondary N) is 6. The molecule has 1 unspecified atom stereocenters. The van der Waals surface area contributed by atoms with Gasteiger partial charge in [0.2, 0.25) is 35.4 Å². The Morgan fingerprint density at radius 2 is 1.51 bits per heavy atom. The number of hydrogen-bond acceptors (Lipinski definition) is 18. The lowest BCUT2D eigenvalue weighted by molar-refractivity contribution is -0.148. The molecule has 2 aromatic carbocycles. The van der Waals surface area contributed by atoms with E-state index in [0.29, 0.717) is 71.6 Å². The number of amides is 8. The van der Waals surface area contributed by atoms with Gasteiger partial charge in [-0.2, -0.15) is 0 Å². The second kappa shape index (κ2) is 45.7. The number of ether oxygens (including phenoxy) is 4. The molecule has 6 N–H and O–H groups in total. The predicted molar refractivity (Wildman–Crippen MR) is 437 cm³/mol. The number of fused-ring (bicyclic) bond motifs is 2. The van der Waals surface area contributed by atoms with E-state index >= 15 is 0 Å². The third-order valence-electron chi connectivity index (χ3n) is 19.4. The second-order valence-corrected chi connectivity index (χ2v) is 31.5. The number of hydrogen-bond donors (Lipinski definition) is 6. The summed E-state index contributed by atoms with van der Waals surface area (Å²) in [6.07, 6.45) is 25.0.